The second-order valence-electron chi connectivity index (χ2n) is 4.40. The van der Waals surface area contributed by atoms with E-state index in [-0.39, 0.29) is 5.82 Å². The Morgan fingerprint density at radius 1 is 1.25 bits per heavy atom. The summed E-state index contributed by atoms with van der Waals surface area (Å²) in [5, 5.41) is 3.17. The van der Waals surface area contributed by atoms with Crippen molar-refractivity contribution in [2.24, 2.45) is 0 Å². The lowest BCUT2D eigenvalue weighted by atomic mass is 10.2. The van der Waals surface area contributed by atoms with Gasteiger partial charge >= 0.3 is 0 Å². The molecule has 1 aromatic heterocycles. The number of aromatic nitrogens is 2. The van der Waals surface area contributed by atoms with E-state index in [1.54, 1.807) is 19.1 Å². The summed E-state index contributed by atoms with van der Waals surface area (Å²) >= 11 is 0. The van der Waals surface area contributed by atoms with Crippen molar-refractivity contribution in [1.82, 2.24) is 9.97 Å². The summed E-state index contributed by atoms with van der Waals surface area (Å²) in [4.78, 5) is 8.34. The van der Waals surface area contributed by atoms with E-state index in [9.17, 15) is 4.39 Å². The lowest BCUT2D eigenvalue weighted by Crippen LogP contribution is -2.05. The molecule has 0 atom stereocenters. The summed E-state index contributed by atoms with van der Waals surface area (Å²) in [7, 11) is 0. The van der Waals surface area contributed by atoms with Gasteiger partial charge in [0.15, 0.2) is 0 Å². The van der Waals surface area contributed by atoms with Crippen molar-refractivity contribution < 1.29 is 9.13 Å². The van der Waals surface area contributed by atoms with Crippen molar-refractivity contribution in [3.63, 3.8) is 0 Å². The van der Waals surface area contributed by atoms with Crippen LogP contribution in [0.1, 0.15) is 25.0 Å². The van der Waals surface area contributed by atoms with Crippen molar-refractivity contribution in [2.45, 2.75) is 27.2 Å². The van der Waals surface area contributed by atoms with Gasteiger partial charge < -0.3 is 10.1 Å². The highest BCUT2D eigenvalue weighted by Crippen LogP contribution is 2.28. The third-order valence-corrected chi connectivity index (χ3v) is 2.96. The molecule has 106 valence electrons. The van der Waals surface area contributed by atoms with Crippen molar-refractivity contribution >= 4 is 5.82 Å². The zero-order valence-corrected chi connectivity index (χ0v) is 11.9. The zero-order valence-electron chi connectivity index (χ0n) is 11.9. The molecule has 1 heterocycles. The van der Waals surface area contributed by atoms with Gasteiger partial charge in [0.05, 0.1) is 5.56 Å². The Hall–Kier alpha value is -2.17. The van der Waals surface area contributed by atoms with Crippen LogP contribution in [0.15, 0.2) is 24.5 Å². The number of nitrogens with zero attached hydrogens (tertiary/aromatic N) is 2. The molecule has 0 spiro atoms. The predicted molar refractivity (Wildman–Crippen MR) is 76.8 cm³/mol. The van der Waals surface area contributed by atoms with Crippen molar-refractivity contribution in [2.75, 3.05) is 11.9 Å². The molecule has 0 bridgehead atoms. The highest BCUT2D eigenvalue weighted by Gasteiger charge is 2.12. The first-order valence-corrected chi connectivity index (χ1v) is 6.67. The third kappa shape index (κ3) is 3.04. The Bertz CT molecular complexity index is 602. The van der Waals surface area contributed by atoms with Gasteiger partial charge in [0.2, 0.25) is 5.88 Å². The molecule has 0 aliphatic rings. The summed E-state index contributed by atoms with van der Waals surface area (Å²) in [5.74, 6) is 1.36. The molecule has 2 rings (SSSR count). The Balaban J connectivity index is 2.32. The van der Waals surface area contributed by atoms with E-state index in [0.29, 0.717) is 17.2 Å². The summed E-state index contributed by atoms with van der Waals surface area (Å²) in [6.07, 6.45) is 2.17. The fourth-order valence-electron chi connectivity index (χ4n) is 1.87. The minimum Gasteiger partial charge on any atom is -0.438 e. The minimum atomic E-state index is -0.290. The maximum Gasteiger partial charge on any atom is 0.227 e. The molecule has 0 aliphatic carbocycles. The summed E-state index contributed by atoms with van der Waals surface area (Å²) in [5.41, 5.74) is 1.47. The summed E-state index contributed by atoms with van der Waals surface area (Å²) in [6.45, 7) is 6.48. The minimum absolute atomic E-state index is 0.290. The number of benzene rings is 1. The lowest BCUT2D eigenvalue weighted by molar-refractivity contribution is 0.450. The van der Waals surface area contributed by atoms with E-state index in [1.807, 2.05) is 13.8 Å². The molecule has 0 saturated carbocycles. The molecule has 0 saturated heterocycles. The number of ether oxygens (including phenoxy) is 1. The first-order chi connectivity index (χ1) is 9.65. The van der Waals surface area contributed by atoms with Crippen LogP contribution < -0.4 is 10.1 Å². The molecule has 0 radical (unpaired) electrons. The molecule has 0 unspecified atom stereocenters. The van der Waals surface area contributed by atoms with E-state index < -0.39 is 0 Å². The van der Waals surface area contributed by atoms with Gasteiger partial charge in [-0.15, -0.1) is 0 Å². The molecule has 2 aromatic rings. The molecule has 5 heteroatoms. The summed E-state index contributed by atoms with van der Waals surface area (Å²) < 4.78 is 19.2. The highest BCUT2D eigenvalue weighted by molar-refractivity contribution is 5.49. The van der Waals surface area contributed by atoms with Crippen molar-refractivity contribution in [1.29, 1.82) is 0 Å². The van der Waals surface area contributed by atoms with Gasteiger partial charge in [0.1, 0.15) is 23.7 Å². The molecular formula is C15H18FN3O. The average molecular weight is 275 g/mol. The fourth-order valence-corrected chi connectivity index (χ4v) is 1.87. The van der Waals surface area contributed by atoms with Crippen LogP contribution in [-0.4, -0.2) is 16.5 Å². The largest absolute Gasteiger partial charge is 0.438 e. The first kappa shape index (κ1) is 14.2. The van der Waals surface area contributed by atoms with E-state index in [4.69, 9.17) is 4.74 Å². The van der Waals surface area contributed by atoms with Crippen LogP contribution in [0.4, 0.5) is 10.2 Å². The topological polar surface area (TPSA) is 47.0 Å². The molecule has 0 amide bonds. The summed E-state index contributed by atoms with van der Waals surface area (Å²) in [6, 6.07) is 4.78. The number of hydrogen-bond acceptors (Lipinski definition) is 4. The van der Waals surface area contributed by atoms with Gasteiger partial charge in [0, 0.05) is 12.6 Å². The highest BCUT2D eigenvalue weighted by atomic mass is 19.1. The maximum atomic E-state index is 13.5. The number of anilines is 1. The average Bonchev–Trinajstić information content (AvgIpc) is 2.44. The predicted octanol–water partition coefficient (Wildman–Crippen LogP) is 3.71. The van der Waals surface area contributed by atoms with Crippen molar-refractivity contribution in [3.8, 4) is 11.6 Å². The normalized spacial score (nSPS) is 10.4. The maximum absolute atomic E-state index is 13.5. The third-order valence-electron chi connectivity index (χ3n) is 2.96. The Kier molecular flexibility index (Phi) is 4.50. The lowest BCUT2D eigenvalue weighted by Gasteiger charge is -2.13. The fraction of sp³-hybridized carbons (Fsp3) is 0.333. The zero-order chi connectivity index (χ0) is 14.5. The van der Waals surface area contributed by atoms with Crippen LogP contribution in [0.2, 0.25) is 0 Å². The van der Waals surface area contributed by atoms with Gasteiger partial charge in [-0.2, -0.15) is 0 Å². The Morgan fingerprint density at radius 2 is 2.05 bits per heavy atom. The van der Waals surface area contributed by atoms with Gasteiger partial charge in [-0.1, -0.05) is 13.0 Å². The monoisotopic (exact) mass is 275 g/mol. The molecule has 20 heavy (non-hydrogen) atoms. The molecule has 4 nitrogen and oxygen atoms in total. The van der Waals surface area contributed by atoms with Gasteiger partial charge in [-0.3, -0.25) is 0 Å². The molecule has 0 fully saturated rings. The van der Waals surface area contributed by atoms with E-state index in [1.165, 1.54) is 12.4 Å². The number of nitrogens with one attached hydrogen (secondary N) is 1. The molecule has 1 N–H and O–H groups in total. The Labute approximate surface area is 118 Å². The van der Waals surface area contributed by atoms with E-state index in [2.05, 4.69) is 15.3 Å². The van der Waals surface area contributed by atoms with Crippen LogP contribution in [0.3, 0.4) is 0 Å². The quantitative estimate of drug-likeness (QED) is 0.903. The number of halogens is 1. The second-order valence-corrected chi connectivity index (χ2v) is 4.40. The molecular weight excluding hydrogens is 257 g/mol. The first-order valence-electron chi connectivity index (χ1n) is 6.67. The molecule has 0 aliphatic heterocycles. The SMILES string of the molecule is CCNc1ncnc(Oc2ccc(C)c(F)c2)c1CC. The van der Waals surface area contributed by atoms with Crippen LogP contribution in [0.25, 0.3) is 0 Å². The second kappa shape index (κ2) is 6.32. The standard InChI is InChI=1S/C15H18FN3O/c1-4-12-14(17-5-2)18-9-19-15(12)20-11-7-6-10(3)13(16)8-11/h6-9H,4-5H2,1-3H3,(H,17,18,19). The smallest absolute Gasteiger partial charge is 0.227 e. The van der Waals surface area contributed by atoms with Crippen LogP contribution in [0.5, 0.6) is 11.6 Å². The van der Waals surface area contributed by atoms with Gasteiger partial charge in [0.25, 0.3) is 0 Å². The van der Waals surface area contributed by atoms with Gasteiger partial charge in [-0.25, -0.2) is 14.4 Å². The van der Waals surface area contributed by atoms with E-state index in [0.717, 1.165) is 24.3 Å². The van der Waals surface area contributed by atoms with Crippen LogP contribution >= 0.6 is 0 Å². The van der Waals surface area contributed by atoms with Gasteiger partial charge in [-0.05, 0) is 31.9 Å². The number of rotatable bonds is 5. The van der Waals surface area contributed by atoms with Crippen LogP contribution in [-0.2, 0) is 6.42 Å². The number of aryl methyl sites for hydroxylation is 1. The number of hydrogen-bond donors (Lipinski definition) is 1. The van der Waals surface area contributed by atoms with Crippen molar-refractivity contribution in [3.05, 3.63) is 41.5 Å². The molecule has 1 aromatic carbocycles. The van der Waals surface area contributed by atoms with E-state index >= 15 is 0 Å². The van der Waals surface area contributed by atoms with Crippen LogP contribution in [0, 0.1) is 12.7 Å². The Morgan fingerprint density at radius 3 is 2.70 bits per heavy atom.